The van der Waals surface area contributed by atoms with Crippen molar-refractivity contribution in [3.63, 3.8) is 0 Å². The Hall–Kier alpha value is -1.66. The number of rotatable bonds is 7. The molecule has 0 spiro atoms. The topological polar surface area (TPSA) is 71.9 Å². The standard InChI is InChI=1S/C15H22N2O4/c1-20-14-4-2-3-12(16-14)11-17-8-5-13(6-9-17)21-10-7-15(18)19/h2-4,13H,5-11H2,1H3,(H,18,19). The second-order valence-electron chi connectivity index (χ2n) is 5.16. The monoisotopic (exact) mass is 294 g/mol. The fraction of sp³-hybridized carbons (Fsp3) is 0.600. The molecule has 0 bridgehead atoms. The van der Waals surface area contributed by atoms with Crippen molar-refractivity contribution < 1.29 is 19.4 Å². The van der Waals surface area contributed by atoms with E-state index in [1.807, 2.05) is 18.2 Å². The number of carboxylic acids is 1. The molecule has 1 aromatic heterocycles. The Labute approximate surface area is 124 Å². The van der Waals surface area contributed by atoms with Gasteiger partial charge in [-0.2, -0.15) is 0 Å². The minimum Gasteiger partial charge on any atom is -0.481 e. The number of methoxy groups -OCH3 is 1. The Kier molecular flexibility index (Phi) is 5.95. The molecule has 1 aliphatic rings. The summed E-state index contributed by atoms with van der Waals surface area (Å²) in [4.78, 5) is 17.2. The molecule has 0 saturated carbocycles. The van der Waals surface area contributed by atoms with Gasteiger partial charge in [0.2, 0.25) is 5.88 Å². The first-order valence-electron chi connectivity index (χ1n) is 7.23. The molecule has 1 saturated heterocycles. The predicted octanol–water partition coefficient (Wildman–Crippen LogP) is 1.55. The van der Waals surface area contributed by atoms with Crippen molar-refractivity contribution in [1.82, 2.24) is 9.88 Å². The summed E-state index contributed by atoms with van der Waals surface area (Å²) in [6, 6.07) is 5.78. The highest BCUT2D eigenvalue weighted by atomic mass is 16.5. The molecular formula is C15H22N2O4. The van der Waals surface area contributed by atoms with Crippen molar-refractivity contribution in [2.75, 3.05) is 26.8 Å². The van der Waals surface area contributed by atoms with Gasteiger partial charge in [-0.05, 0) is 18.9 Å². The maximum Gasteiger partial charge on any atom is 0.305 e. The molecule has 1 aromatic rings. The summed E-state index contributed by atoms with van der Waals surface area (Å²) >= 11 is 0. The Balaban J connectivity index is 1.72. The molecule has 116 valence electrons. The highest BCUT2D eigenvalue weighted by Crippen LogP contribution is 2.17. The number of carboxylic acid groups (broad SMARTS) is 1. The van der Waals surface area contributed by atoms with Crippen LogP contribution in [0.4, 0.5) is 0 Å². The molecule has 0 aromatic carbocycles. The number of carbonyl (C=O) groups is 1. The lowest BCUT2D eigenvalue weighted by Gasteiger charge is -2.31. The van der Waals surface area contributed by atoms with E-state index in [4.69, 9.17) is 14.6 Å². The van der Waals surface area contributed by atoms with Gasteiger partial charge < -0.3 is 14.6 Å². The Morgan fingerprint density at radius 3 is 2.86 bits per heavy atom. The highest BCUT2D eigenvalue weighted by molar-refractivity contribution is 5.66. The van der Waals surface area contributed by atoms with E-state index in [0.717, 1.165) is 38.2 Å². The zero-order chi connectivity index (χ0) is 15.1. The minimum atomic E-state index is -0.809. The van der Waals surface area contributed by atoms with Crippen LogP contribution in [0.1, 0.15) is 25.0 Å². The smallest absolute Gasteiger partial charge is 0.305 e. The molecule has 2 rings (SSSR count). The van der Waals surface area contributed by atoms with E-state index in [-0.39, 0.29) is 12.5 Å². The maximum atomic E-state index is 10.4. The summed E-state index contributed by atoms with van der Waals surface area (Å²) in [7, 11) is 1.62. The van der Waals surface area contributed by atoms with Crippen molar-refractivity contribution in [3.8, 4) is 5.88 Å². The van der Waals surface area contributed by atoms with Crippen LogP contribution < -0.4 is 4.74 Å². The van der Waals surface area contributed by atoms with Crippen LogP contribution in [0, 0.1) is 0 Å². The lowest BCUT2D eigenvalue weighted by atomic mass is 10.1. The van der Waals surface area contributed by atoms with Gasteiger partial charge >= 0.3 is 5.97 Å². The number of likely N-dealkylation sites (tertiary alicyclic amines) is 1. The summed E-state index contributed by atoms with van der Waals surface area (Å²) in [5.74, 6) is -0.170. The maximum absolute atomic E-state index is 10.4. The third-order valence-corrected chi connectivity index (χ3v) is 3.58. The van der Waals surface area contributed by atoms with Crippen molar-refractivity contribution in [2.45, 2.75) is 31.9 Å². The zero-order valence-corrected chi connectivity index (χ0v) is 12.3. The first-order valence-corrected chi connectivity index (χ1v) is 7.23. The van der Waals surface area contributed by atoms with Crippen LogP contribution in [0.15, 0.2) is 18.2 Å². The fourth-order valence-electron chi connectivity index (χ4n) is 2.44. The summed E-state index contributed by atoms with van der Waals surface area (Å²) in [5.41, 5.74) is 1.000. The van der Waals surface area contributed by atoms with Crippen LogP contribution in [0.25, 0.3) is 0 Å². The average Bonchev–Trinajstić information content (AvgIpc) is 2.49. The third-order valence-electron chi connectivity index (χ3n) is 3.58. The Morgan fingerprint density at radius 2 is 2.19 bits per heavy atom. The van der Waals surface area contributed by atoms with Crippen molar-refractivity contribution in [1.29, 1.82) is 0 Å². The van der Waals surface area contributed by atoms with Gasteiger partial charge in [0.05, 0.1) is 31.9 Å². The Bertz CT molecular complexity index is 459. The van der Waals surface area contributed by atoms with Gasteiger partial charge in [0.1, 0.15) is 0 Å². The number of nitrogens with zero attached hydrogens (tertiary/aromatic N) is 2. The molecule has 1 N–H and O–H groups in total. The summed E-state index contributed by atoms with van der Waals surface area (Å²) in [6.07, 6.45) is 2.13. The molecule has 0 amide bonds. The van der Waals surface area contributed by atoms with Gasteiger partial charge in [-0.15, -0.1) is 0 Å². The van der Waals surface area contributed by atoms with E-state index in [0.29, 0.717) is 12.5 Å². The molecule has 1 aliphatic heterocycles. The van der Waals surface area contributed by atoms with Crippen LogP contribution >= 0.6 is 0 Å². The number of piperidine rings is 1. The predicted molar refractivity (Wildman–Crippen MR) is 77.3 cm³/mol. The van der Waals surface area contributed by atoms with E-state index in [1.165, 1.54) is 0 Å². The average molecular weight is 294 g/mol. The highest BCUT2D eigenvalue weighted by Gasteiger charge is 2.20. The summed E-state index contributed by atoms with van der Waals surface area (Å²) in [6.45, 7) is 2.99. The van der Waals surface area contributed by atoms with Crippen molar-refractivity contribution in [2.24, 2.45) is 0 Å². The first kappa shape index (κ1) is 15.7. The third kappa shape index (κ3) is 5.32. The van der Waals surface area contributed by atoms with Gasteiger partial charge in [-0.3, -0.25) is 9.69 Å². The Morgan fingerprint density at radius 1 is 1.43 bits per heavy atom. The first-order chi connectivity index (χ1) is 10.2. The van der Waals surface area contributed by atoms with Crippen molar-refractivity contribution >= 4 is 5.97 Å². The normalized spacial score (nSPS) is 16.8. The molecule has 6 heteroatoms. The number of hydrogen-bond donors (Lipinski definition) is 1. The molecule has 21 heavy (non-hydrogen) atoms. The van der Waals surface area contributed by atoms with Crippen LogP contribution in [0.2, 0.25) is 0 Å². The summed E-state index contributed by atoms with van der Waals surface area (Å²) < 4.78 is 10.7. The van der Waals surface area contributed by atoms with E-state index in [1.54, 1.807) is 7.11 Å². The van der Waals surface area contributed by atoms with Gasteiger partial charge in [-0.25, -0.2) is 4.98 Å². The van der Waals surface area contributed by atoms with E-state index < -0.39 is 5.97 Å². The van der Waals surface area contributed by atoms with Crippen molar-refractivity contribution in [3.05, 3.63) is 23.9 Å². The molecule has 0 atom stereocenters. The summed E-state index contributed by atoms with van der Waals surface area (Å²) in [5, 5.41) is 8.59. The molecular weight excluding hydrogens is 272 g/mol. The number of ether oxygens (including phenoxy) is 2. The second kappa shape index (κ2) is 7.95. The van der Waals surface area contributed by atoms with Crippen LogP contribution in [0.5, 0.6) is 5.88 Å². The second-order valence-corrected chi connectivity index (χ2v) is 5.16. The number of hydrogen-bond acceptors (Lipinski definition) is 5. The zero-order valence-electron chi connectivity index (χ0n) is 12.3. The van der Waals surface area contributed by atoms with Gasteiger partial charge in [0.25, 0.3) is 0 Å². The molecule has 0 radical (unpaired) electrons. The largest absolute Gasteiger partial charge is 0.481 e. The van der Waals surface area contributed by atoms with E-state index >= 15 is 0 Å². The van der Waals surface area contributed by atoms with E-state index in [2.05, 4.69) is 9.88 Å². The van der Waals surface area contributed by atoms with Crippen LogP contribution in [-0.2, 0) is 16.1 Å². The quantitative estimate of drug-likeness (QED) is 0.822. The fourth-order valence-corrected chi connectivity index (χ4v) is 2.44. The molecule has 0 aliphatic carbocycles. The molecule has 2 heterocycles. The van der Waals surface area contributed by atoms with Gasteiger partial charge in [0, 0.05) is 25.7 Å². The molecule has 0 unspecified atom stereocenters. The number of pyridine rings is 1. The number of aromatic nitrogens is 1. The molecule has 6 nitrogen and oxygen atoms in total. The lowest BCUT2D eigenvalue weighted by Crippen LogP contribution is -2.37. The van der Waals surface area contributed by atoms with Gasteiger partial charge in [-0.1, -0.05) is 6.07 Å². The van der Waals surface area contributed by atoms with E-state index in [9.17, 15) is 4.79 Å². The SMILES string of the molecule is COc1cccc(CN2CCC(OCCC(=O)O)CC2)n1. The lowest BCUT2D eigenvalue weighted by molar-refractivity contribution is -0.138. The van der Waals surface area contributed by atoms with Gasteiger partial charge in [0.15, 0.2) is 0 Å². The molecule has 1 fully saturated rings. The number of aliphatic carboxylic acids is 1. The van der Waals surface area contributed by atoms with Crippen LogP contribution in [-0.4, -0.2) is 53.9 Å². The minimum absolute atomic E-state index is 0.0773. The van der Waals surface area contributed by atoms with Crippen LogP contribution in [0.3, 0.4) is 0 Å².